The molecule has 0 saturated carbocycles. The van der Waals surface area contributed by atoms with Gasteiger partial charge in [0.15, 0.2) is 16.5 Å². The van der Waals surface area contributed by atoms with Gasteiger partial charge in [0.1, 0.15) is 12.2 Å². The van der Waals surface area contributed by atoms with Crippen molar-refractivity contribution in [3.8, 4) is 0 Å². The number of benzene rings is 2. The molecule has 3 unspecified atom stereocenters. The van der Waals surface area contributed by atoms with Crippen LogP contribution in [0.5, 0.6) is 0 Å². The van der Waals surface area contributed by atoms with Gasteiger partial charge in [-0.3, -0.25) is 28.9 Å². The SMILES string of the molecule is CCOCC(C)OC(=O)Cc1csc(N2C(=O)c3ccc4c5c(ccc(c35)C2=O)C(O)N(c2nc(CC(=O)OC(C)COCC)cs2)C4=O)n1. The summed E-state index contributed by atoms with van der Waals surface area (Å²) in [4.78, 5) is 77.3. The van der Waals surface area contributed by atoms with Crippen LogP contribution in [0.25, 0.3) is 10.8 Å². The van der Waals surface area contributed by atoms with Gasteiger partial charge in [-0.2, -0.15) is 0 Å². The van der Waals surface area contributed by atoms with Gasteiger partial charge in [-0.1, -0.05) is 6.07 Å². The Bertz CT molecular complexity index is 1970. The first-order valence-electron chi connectivity index (χ1n) is 16.0. The van der Waals surface area contributed by atoms with Gasteiger partial charge < -0.3 is 24.1 Å². The number of hydrogen-bond donors (Lipinski definition) is 1. The third kappa shape index (κ3) is 6.76. The minimum absolute atomic E-state index is 0.0821. The van der Waals surface area contributed by atoms with Crippen LogP contribution in [0.2, 0.25) is 0 Å². The number of imide groups is 1. The molecule has 4 heterocycles. The fourth-order valence-electron chi connectivity index (χ4n) is 5.78. The summed E-state index contributed by atoms with van der Waals surface area (Å²) in [5.74, 6) is -2.93. The number of thiazole rings is 2. The van der Waals surface area contributed by atoms with E-state index in [-0.39, 0.29) is 58.4 Å². The minimum Gasteiger partial charge on any atom is -0.460 e. The van der Waals surface area contributed by atoms with Gasteiger partial charge in [0.25, 0.3) is 17.7 Å². The number of aromatic nitrogens is 2. The maximum Gasteiger partial charge on any atom is 0.312 e. The summed E-state index contributed by atoms with van der Waals surface area (Å²) < 4.78 is 21.3. The molecule has 50 heavy (non-hydrogen) atoms. The average Bonchev–Trinajstić information content (AvgIpc) is 3.73. The summed E-state index contributed by atoms with van der Waals surface area (Å²) in [5, 5.41) is 15.5. The van der Waals surface area contributed by atoms with E-state index in [1.807, 2.05) is 13.8 Å². The van der Waals surface area contributed by atoms with E-state index in [4.69, 9.17) is 18.9 Å². The van der Waals surface area contributed by atoms with Crippen molar-refractivity contribution in [1.82, 2.24) is 9.97 Å². The number of ether oxygens (including phenoxy) is 4. The summed E-state index contributed by atoms with van der Waals surface area (Å²) in [7, 11) is 0. The molecule has 2 aromatic carbocycles. The van der Waals surface area contributed by atoms with Crippen LogP contribution < -0.4 is 9.80 Å². The number of carbonyl (C=O) groups is 5. The lowest BCUT2D eigenvalue weighted by Crippen LogP contribution is -2.42. The Hall–Kier alpha value is -4.61. The van der Waals surface area contributed by atoms with E-state index in [1.165, 1.54) is 18.2 Å². The topological polar surface area (TPSA) is 175 Å². The van der Waals surface area contributed by atoms with Crippen molar-refractivity contribution in [1.29, 1.82) is 0 Å². The standard InChI is InChI=1S/C34H34N4O10S2/c1-5-45-13-17(3)47-25(39)11-19-15-49-33(35-19)37-29(41)21-7-9-23-28-24(10-8-22(27(21)28)30(37)42)32(44)38(31(23)43)34-36-20(16-50-34)12-26(40)48-18(4)14-46-6-2/h7-10,15-18,29,41H,5-6,11-14H2,1-4H3. The van der Waals surface area contributed by atoms with Gasteiger partial charge in [-0.05, 0) is 45.9 Å². The number of aliphatic hydroxyl groups excluding tert-OH is 1. The number of anilines is 2. The predicted molar refractivity (Wildman–Crippen MR) is 183 cm³/mol. The highest BCUT2D eigenvalue weighted by Crippen LogP contribution is 2.44. The molecule has 0 fully saturated rings. The largest absolute Gasteiger partial charge is 0.460 e. The molecule has 14 nitrogen and oxygen atoms in total. The molecule has 1 N–H and O–H groups in total. The van der Waals surface area contributed by atoms with E-state index >= 15 is 0 Å². The lowest BCUT2D eigenvalue weighted by molar-refractivity contribution is -0.151. The van der Waals surface area contributed by atoms with Crippen molar-refractivity contribution in [2.45, 2.75) is 59.0 Å². The number of esters is 2. The van der Waals surface area contributed by atoms with Crippen LogP contribution >= 0.6 is 22.7 Å². The Morgan fingerprint density at radius 1 is 0.760 bits per heavy atom. The number of carbonyl (C=O) groups excluding carboxylic acids is 5. The van der Waals surface area contributed by atoms with Crippen molar-refractivity contribution in [3.63, 3.8) is 0 Å². The number of rotatable bonds is 14. The first kappa shape index (κ1) is 35.2. The fourth-order valence-corrected chi connectivity index (χ4v) is 7.44. The maximum atomic E-state index is 13.9. The first-order chi connectivity index (χ1) is 24.0. The molecule has 3 atom stereocenters. The second-order valence-corrected chi connectivity index (χ2v) is 13.3. The quantitative estimate of drug-likeness (QED) is 0.145. The van der Waals surface area contributed by atoms with E-state index in [0.717, 1.165) is 32.5 Å². The van der Waals surface area contributed by atoms with Crippen molar-refractivity contribution >= 4 is 73.4 Å². The molecule has 262 valence electrons. The molecular formula is C34H34N4O10S2. The molecule has 16 heteroatoms. The summed E-state index contributed by atoms with van der Waals surface area (Å²) in [6.07, 6.45) is -2.67. The lowest BCUT2D eigenvalue weighted by atomic mass is 9.86. The van der Waals surface area contributed by atoms with Gasteiger partial charge in [0, 0.05) is 57.0 Å². The molecular weight excluding hydrogens is 689 g/mol. The van der Waals surface area contributed by atoms with E-state index < -0.39 is 48.1 Å². The van der Waals surface area contributed by atoms with E-state index in [1.54, 1.807) is 30.7 Å². The Morgan fingerprint density at radius 3 is 1.78 bits per heavy atom. The smallest absolute Gasteiger partial charge is 0.312 e. The fraction of sp³-hybridized carbons (Fsp3) is 0.382. The van der Waals surface area contributed by atoms with Crippen LogP contribution in [0.4, 0.5) is 10.3 Å². The van der Waals surface area contributed by atoms with Crippen LogP contribution in [0.1, 0.15) is 81.9 Å². The third-order valence-corrected chi connectivity index (χ3v) is 9.70. The predicted octanol–water partition coefficient (Wildman–Crippen LogP) is 4.23. The Labute approximate surface area is 294 Å². The highest BCUT2D eigenvalue weighted by molar-refractivity contribution is 7.14. The Kier molecular flexibility index (Phi) is 10.4. The minimum atomic E-state index is -1.49. The van der Waals surface area contributed by atoms with Crippen LogP contribution in [-0.4, -0.2) is 83.4 Å². The normalized spacial score (nSPS) is 16.6. The zero-order valence-corrected chi connectivity index (χ0v) is 29.3. The first-order valence-corrected chi connectivity index (χ1v) is 17.7. The lowest BCUT2D eigenvalue weighted by Gasteiger charge is -2.34. The summed E-state index contributed by atoms with van der Waals surface area (Å²) in [6, 6.07) is 6.00. The molecule has 2 aliphatic heterocycles. The van der Waals surface area contributed by atoms with Gasteiger partial charge in [-0.25, -0.2) is 14.9 Å². The molecule has 6 rings (SSSR count). The number of hydrogen-bond acceptors (Lipinski definition) is 14. The van der Waals surface area contributed by atoms with Crippen molar-refractivity contribution in [2.24, 2.45) is 0 Å². The van der Waals surface area contributed by atoms with Crippen molar-refractivity contribution in [2.75, 3.05) is 36.2 Å². The van der Waals surface area contributed by atoms with E-state index in [2.05, 4.69) is 9.97 Å². The monoisotopic (exact) mass is 722 g/mol. The van der Waals surface area contributed by atoms with E-state index in [0.29, 0.717) is 35.6 Å². The van der Waals surface area contributed by atoms with E-state index in [9.17, 15) is 29.1 Å². The van der Waals surface area contributed by atoms with Gasteiger partial charge in [0.2, 0.25) is 0 Å². The zero-order chi connectivity index (χ0) is 35.7. The summed E-state index contributed by atoms with van der Waals surface area (Å²) >= 11 is 2.11. The van der Waals surface area contributed by atoms with Crippen molar-refractivity contribution < 1.29 is 48.0 Å². The Morgan fingerprint density at radius 2 is 1.24 bits per heavy atom. The van der Waals surface area contributed by atoms with Gasteiger partial charge in [-0.15, -0.1) is 22.7 Å². The highest BCUT2D eigenvalue weighted by atomic mass is 32.1. The molecule has 0 bridgehead atoms. The summed E-state index contributed by atoms with van der Waals surface area (Å²) in [5.41, 5.74) is 1.50. The van der Waals surface area contributed by atoms with Crippen LogP contribution in [0.3, 0.4) is 0 Å². The molecule has 0 spiro atoms. The molecule has 0 saturated heterocycles. The van der Waals surface area contributed by atoms with Crippen LogP contribution in [-0.2, 0) is 41.4 Å². The molecule has 0 radical (unpaired) electrons. The molecule has 4 aromatic rings. The van der Waals surface area contributed by atoms with Gasteiger partial charge in [0.05, 0.1) is 37.4 Å². The van der Waals surface area contributed by atoms with Crippen LogP contribution in [0, 0.1) is 0 Å². The van der Waals surface area contributed by atoms with Crippen molar-refractivity contribution in [3.05, 3.63) is 68.7 Å². The average molecular weight is 723 g/mol. The number of amides is 3. The second-order valence-electron chi connectivity index (χ2n) is 11.6. The number of nitrogens with zero attached hydrogens (tertiary/aromatic N) is 4. The molecule has 0 aliphatic carbocycles. The third-order valence-electron chi connectivity index (χ3n) is 7.94. The molecule has 3 amide bonds. The Balaban J connectivity index is 1.22. The highest BCUT2D eigenvalue weighted by Gasteiger charge is 2.42. The number of aliphatic hydroxyl groups is 1. The maximum absolute atomic E-state index is 13.9. The molecule has 2 aromatic heterocycles. The summed E-state index contributed by atoms with van der Waals surface area (Å²) in [6.45, 7) is 8.64. The van der Waals surface area contributed by atoms with Gasteiger partial charge >= 0.3 is 11.9 Å². The second kappa shape index (κ2) is 14.7. The zero-order valence-electron chi connectivity index (χ0n) is 27.7. The molecule has 2 aliphatic rings. The van der Waals surface area contributed by atoms with Crippen LogP contribution in [0.15, 0.2) is 35.0 Å².